The van der Waals surface area contributed by atoms with Gasteiger partial charge in [0.1, 0.15) is 16.5 Å². The second kappa shape index (κ2) is 9.49. The lowest BCUT2D eigenvalue weighted by atomic mass is 10.0. The SMILES string of the molecule is COc1ccc(Cl)cc1-c1csc(C2CCCCN2C(=O)COc2ccccc2)n1. The van der Waals surface area contributed by atoms with Crippen molar-refractivity contribution in [1.29, 1.82) is 0 Å². The molecule has 0 aliphatic carbocycles. The Balaban J connectivity index is 1.52. The molecular formula is C23H23ClN2O3S. The van der Waals surface area contributed by atoms with Crippen molar-refractivity contribution in [1.82, 2.24) is 9.88 Å². The summed E-state index contributed by atoms with van der Waals surface area (Å²) in [7, 11) is 1.63. The predicted molar refractivity (Wildman–Crippen MR) is 119 cm³/mol. The first kappa shape index (κ1) is 20.7. The second-order valence-electron chi connectivity index (χ2n) is 7.12. The van der Waals surface area contributed by atoms with Gasteiger partial charge in [-0.1, -0.05) is 29.8 Å². The predicted octanol–water partition coefficient (Wildman–Crippen LogP) is 5.60. The molecule has 5 nitrogen and oxygen atoms in total. The molecule has 1 aliphatic rings. The van der Waals surface area contributed by atoms with Crippen molar-refractivity contribution in [3.63, 3.8) is 0 Å². The van der Waals surface area contributed by atoms with Gasteiger partial charge in [0.2, 0.25) is 0 Å². The molecule has 1 amide bonds. The van der Waals surface area contributed by atoms with E-state index in [1.165, 1.54) is 0 Å². The van der Waals surface area contributed by atoms with E-state index in [1.54, 1.807) is 24.5 Å². The molecule has 0 saturated carbocycles. The van der Waals surface area contributed by atoms with Crippen molar-refractivity contribution in [2.45, 2.75) is 25.3 Å². The monoisotopic (exact) mass is 442 g/mol. The number of rotatable bonds is 6. The van der Waals surface area contributed by atoms with E-state index in [0.29, 0.717) is 10.8 Å². The van der Waals surface area contributed by atoms with Crippen LogP contribution in [0.2, 0.25) is 5.02 Å². The minimum atomic E-state index is -0.0328. The van der Waals surface area contributed by atoms with Gasteiger partial charge < -0.3 is 14.4 Å². The molecule has 1 aliphatic heterocycles. The van der Waals surface area contributed by atoms with Crippen molar-refractivity contribution in [3.05, 3.63) is 63.9 Å². The highest BCUT2D eigenvalue weighted by Crippen LogP contribution is 2.38. The molecule has 30 heavy (non-hydrogen) atoms. The van der Waals surface area contributed by atoms with Gasteiger partial charge >= 0.3 is 0 Å². The number of ether oxygens (including phenoxy) is 2. The number of hydrogen-bond acceptors (Lipinski definition) is 5. The highest BCUT2D eigenvalue weighted by atomic mass is 35.5. The van der Waals surface area contributed by atoms with Crippen LogP contribution < -0.4 is 9.47 Å². The van der Waals surface area contributed by atoms with E-state index in [2.05, 4.69) is 0 Å². The first-order valence-corrected chi connectivity index (χ1v) is 11.2. The van der Waals surface area contributed by atoms with Gasteiger partial charge in [-0.05, 0) is 49.6 Å². The van der Waals surface area contributed by atoms with Gasteiger partial charge in [0.15, 0.2) is 6.61 Å². The number of likely N-dealkylation sites (tertiary alicyclic amines) is 1. The zero-order valence-corrected chi connectivity index (χ0v) is 18.3. The molecule has 0 bridgehead atoms. The fourth-order valence-corrected chi connectivity index (χ4v) is 4.81. The standard InChI is InChI=1S/C23H23ClN2O3S/c1-28-21-11-10-16(24)13-18(21)19-15-30-23(25-19)20-9-5-6-12-26(20)22(27)14-29-17-7-3-2-4-8-17/h2-4,7-8,10-11,13,15,20H,5-6,9,12,14H2,1H3. The van der Waals surface area contributed by atoms with Gasteiger partial charge in [-0.25, -0.2) is 4.98 Å². The van der Waals surface area contributed by atoms with Gasteiger partial charge in [-0.15, -0.1) is 11.3 Å². The number of nitrogens with zero attached hydrogens (tertiary/aromatic N) is 2. The average Bonchev–Trinajstić information content (AvgIpc) is 3.28. The highest BCUT2D eigenvalue weighted by molar-refractivity contribution is 7.10. The normalized spacial score (nSPS) is 16.3. The Morgan fingerprint density at radius 1 is 1.23 bits per heavy atom. The molecule has 4 rings (SSSR count). The maximum atomic E-state index is 12.9. The van der Waals surface area contributed by atoms with Crippen LogP contribution in [0.3, 0.4) is 0 Å². The number of methoxy groups -OCH3 is 1. The molecular weight excluding hydrogens is 420 g/mol. The fraction of sp³-hybridized carbons (Fsp3) is 0.304. The zero-order chi connectivity index (χ0) is 20.9. The van der Waals surface area contributed by atoms with Crippen LogP contribution in [-0.2, 0) is 4.79 Å². The number of carbonyl (C=O) groups is 1. The topological polar surface area (TPSA) is 51.7 Å². The average molecular weight is 443 g/mol. The summed E-state index contributed by atoms with van der Waals surface area (Å²) < 4.78 is 11.2. The molecule has 156 valence electrons. The van der Waals surface area contributed by atoms with Gasteiger partial charge in [0.25, 0.3) is 5.91 Å². The van der Waals surface area contributed by atoms with E-state index in [4.69, 9.17) is 26.1 Å². The molecule has 0 N–H and O–H groups in total. The smallest absolute Gasteiger partial charge is 0.261 e. The van der Waals surface area contributed by atoms with Crippen molar-refractivity contribution in [2.24, 2.45) is 0 Å². The van der Waals surface area contributed by atoms with Crippen LogP contribution in [0.15, 0.2) is 53.9 Å². The van der Waals surface area contributed by atoms with E-state index in [9.17, 15) is 4.79 Å². The summed E-state index contributed by atoms with van der Waals surface area (Å²) in [4.78, 5) is 19.7. The fourth-order valence-electron chi connectivity index (χ4n) is 3.68. The largest absolute Gasteiger partial charge is 0.496 e. The van der Waals surface area contributed by atoms with Crippen molar-refractivity contribution in [3.8, 4) is 22.8 Å². The summed E-state index contributed by atoms with van der Waals surface area (Å²) in [6.45, 7) is 0.748. The molecule has 0 radical (unpaired) electrons. The zero-order valence-electron chi connectivity index (χ0n) is 16.7. The summed E-state index contributed by atoms with van der Waals surface area (Å²) in [5.41, 5.74) is 1.67. The van der Waals surface area contributed by atoms with E-state index < -0.39 is 0 Å². The van der Waals surface area contributed by atoms with Crippen LogP contribution in [0.4, 0.5) is 0 Å². The highest BCUT2D eigenvalue weighted by Gasteiger charge is 2.30. The molecule has 1 saturated heterocycles. The Morgan fingerprint density at radius 2 is 2.07 bits per heavy atom. The number of hydrogen-bond donors (Lipinski definition) is 0. The number of thiazole rings is 1. The van der Waals surface area contributed by atoms with Crippen LogP contribution >= 0.6 is 22.9 Å². The molecule has 1 fully saturated rings. The van der Waals surface area contributed by atoms with E-state index in [0.717, 1.165) is 47.8 Å². The molecule has 7 heteroatoms. The Labute approximate surface area is 185 Å². The first-order valence-electron chi connectivity index (χ1n) is 9.92. The number of piperidine rings is 1. The van der Waals surface area contributed by atoms with Crippen LogP contribution in [0.25, 0.3) is 11.3 Å². The Morgan fingerprint density at radius 3 is 2.87 bits per heavy atom. The third-order valence-electron chi connectivity index (χ3n) is 5.17. The number of halogens is 1. The van der Waals surface area contributed by atoms with E-state index >= 15 is 0 Å². The lowest BCUT2D eigenvalue weighted by Gasteiger charge is -2.34. The van der Waals surface area contributed by atoms with Crippen molar-refractivity contribution in [2.75, 3.05) is 20.3 Å². The maximum absolute atomic E-state index is 12.9. The number of benzene rings is 2. The van der Waals surface area contributed by atoms with Crippen molar-refractivity contribution < 1.29 is 14.3 Å². The summed E-state index contributed by atoms with van der Waals surface area (Å²) in [5, 5.41) is 3.56. The summed E-state index contributed by atoms with van der Waals surface area (Å²) >= 11 is 7.75. The molecule has 1 aromatic heterocycles. The van der Waals surface area contributed by atoms with Crippen LogP contribution in [0, 0.1) is 0 Å². The molecule has 2 heterocycles. The van der Waals surface area contributed by atoms with Crippen LogP contribution in [0.5, 0.6) is 11.5 Å². The number of carbonyl (C=O) groups excluding carboxylic acids is 1. The lowest BCUT2D eigenvalue weighted by Crippen LogP contribution is -2.41. The molecule has 0 spiro atoms. The quantitative estimate of drug-likeness (QED) is 0.498. The summed E-state index contributed by atoms with van der Waals surface area (Å²) in [6.07, 6.45) is 2.97. The molecule has 1 unspecified atom stereocenters. The summed E-state index contributed by atoms with van der Waals surface area (Å²) in [5.74, 6) is 1.41. The number of amides is 1. The van der Waals surface area contributed by atoms with Gasteiger partial charge in [-0.2, -0.15) is 0 Å². The number of para-hydroxylation sites is 1. The minimum absolute atomic E-state index is 0.0133. The van der Waals surface area contributed by atoms with Crippen LogP contribution in [-0.4, -0.2) is 36.1 Å². The van der Waals surface area contributed by atoms with Gasteiger partial charge in [-0.3, -0.25) is 4.79 Å². The van der Waals surface area contributed by atoms with Gasteiger partial charge in [0, 0.05) is 22.5 Å². The Bertz CT molecular complexity index is 1010. The Hall–Kier alpha value is -2.57. The third kappa shape index (κ3) is 4.60. The molecule has 2 aromatic carbocycles. The second-order valence-corrected chi connectivity index (χ2v) is 8.44. The van der Waals surface area contributed by atoms with Gasteiger partial charge in [0.05, 0.1) is 18.8 Å². The summed E-state index contributed by atoms with van der Waals surface area (Å²) in [6, 6.07) is 14.9. The van der Waals surface area contributed by atoms with Crippen LogP contribution in [0.1, 0.15) is 30.3 Å². The van der Waals surface area contributed by atoms with E-state index in [-0.39, 0.29) is 18.6 Å². The number of aromatic nitrogens is 1. The van der Waals surface area contributed by atoms with E-state index in [1.807, 2.05) is 52.7 Å². The molecule has 1 atom stereocenters. The maximum Gasteiger partial charge on any atom is 0.261 e. The molecule has 3 aromatic rings. The lowest BCUT2D eigenvalue weighted by molar-refractivity contribution is -0.137. The minimum Gasteiger partial charge on any atom is -0.496 e. The third-order valence-corrected chi connectivity index (χ3v) is 6.35. The first-order chi connectivity index (χ1) is 14.7. The Kier molecular flexibility index (Phi) is 6.55. The van der Waals surface area contributed by atoms with Crippen molar-refractivity contribution >= 4 is 28.8 Å².